The van der Waals surface area contributed by atoms with E-state index in [0.29, 0.717) is 0 Å². The highest BCUT2D eigenvalue weighted by Crippen LogP contribution is 2.40. The van der Waals surface area contributed by atoms with Gasteiger partial charge in [0.1, 0.15) is 27.3 Å². The van der Waals surface area contributed by atoms with Crippen LogP contribution in [-0.2, 0) is 0 Å². The standard InChI is InChI=1S/C34H31BrN4OS/c1-24-8-10-25(11-9-24)31-34(41-33(36-31)27-6-4-3-5-7-27)37-32(26-12-14-28(35)15-13-26)39-22-20-38(21-23-39)29-16-18-30(40-2)19-17-29/h3-19H,20-23H2,1-2H3. The second-order valence-electron chi connectivity index (χ2n) is 10.0. The van der Waals surface area contributed by atoms with Gasteiger partial charge in [0.2, 0.25) is 0 Å². The van der Waals surface area contributed by atoms with E-state index in [1.54, 1.807) is 18.4 Å². The highest BCUT2D eigenvalue weighted by molar-refractivity contribution is 9.10. The van der Waals surface area contributed by atoms with Gasteiger partial charge in [-0.1, -0.05) is 99.6 Å². The van der Waals surface area contributed by atoms with Crippen LogP contribution >= 0.6 is 27.3 Å². The molecule has 2 heterocycles. The molecule has 1 aliphatic rings. The molecule has 0 spiro atoms. The summed E-state index contributed by atoms with van der Waals surface area (Å²) in [6.07, 6.45) is 0. The molecule has 1 aromatic heterocycles. The first kappa shape index (κ1) is 27.2. The second-order valence-corrected chi connectivity index (χ2v) is 11.9. The molecule has 0 N–H and O–H groups in total. The molecule has 0 amide bonds. The van der Waals surface area contributed by atoms with Crippen molar-refractivity contribution in [2.24, 2.45) is 4.99 Å². The Bertz CT molecular complexity index is 1620. The molecule has 0 unspecified atom stereocenters. The minimum absolute atomic E-state index is 0.866. The van der Waals surface area contributed by atoms with Crippen LogP contribution in [0.25, 0.3) is 21.8 Å². The first-order valence-electron chi connectivity index (χ1n) is 13.7. The molecule has 41 heavy (non-hydrogen) atoms. The lowest BCUT2D eigenvalue weighted by Crippen LogP contribution is -2.49. The fourth-order valence-electron chi connectivity index (χ4n) is 4.97. The van der Waals surface area contributed by atoms with Gasteiger partial charge in [0.15, 0.2) is 0 Å². The molecule has 5 nitrogen and oxygen atoms in total. The number of nitrogens with zero attached hydrogens (tertiary/aromatic N) is 4. The average molecular weight is 624 g/mol. The zero-order chi connectivity index (χ0) is 28.2. The summed E-state index contributed by atoms with van der Waals surface area (Å²) in [6, 6.07) is 35.7. The number of hydrogen-bond acceptors (Lipinski definition) is 5. The molecule has 0 aliphatic carbocycles. The molecule has 7 heteroatoms. The Labute approximate surface area is 253 Å². The minimum Gasteiger partial charge on any atom is -0.497 e. The molecule has 5 aromatic rings. The summed E-state index contributed by atoms with van der Waals surface area (Å²) in [5, 5.41) is 1.89. The lowest BCUT2D eigenvalue weighted by atomic mass is 10.1. The molecule has 4 aromatic carbocycles. The van der Waals surface area contributed by atoms with Crippen molar-refractivity contribution in [2.75, 3.05) is 38.2 Å². The first-order valence-corrected chi connectivity index (χ1v) is 15.3. The number of amidine groups is 1. The Balaban J connectivity index is 1.38. The number of piperazine rings is 1. The third kappa shape index (κ3) is 6.21. The van der Waals surface area contributed by atoms with Gasteiger partial charge in [-0.3, -0.25) is 0 Å². The molecule has 0 atom stereocenters. The van der Waals surface area contributed by atoms with Gasteiger partial charge in [0, 0.05) is 53.0 Å². The van der Waals surface area contributed by atoms with E-state index >= 15 is 0 Å². The molecule has 0 radical (unpaired) electrons. The van der Waals surface area contributed by atoms with Gasteiger partial charge >= 0.3 is 0 Å². The SMILES string of the molecule is COc1ccc(N2CCN(C(=Nc3sc(-c4ccccc4)nc3-c3ccc(C)cc3)c3ccc(Br)cc3)CC2)cc1. The Kier molecular flexibility index (Phi) is 8.16. The Hall–Kier alpha value is -3.94. The number of aryl methyl sites for hydroxylation is 1. The highest BCUT2D eigenvalue weighted by Gasteiger charge is 2.23. The van der Waals surface area contributed by atoms with E-state index in [1.165, 1.54) is 11.3 Å². The van der Waals surface area contributed by atoms with Crippen molar-refractivity contribution < 1.29 is 4.74 Å². The normalized spacial score (nSPS) is 13.9. The number of aromatic nitrogens is 1. The minimum atomic E-state index is 0.866. The van der Waals surface area contributed by atoms with Crippen molar-refractivity contribution in [1.29, 1.82) is 0 Å². The molecule has 206 valence electrons. The second kappa shape index (κ2) is 12.3. The van der Waals surface area contributed by atoms with E-state index in [1.807, 2.05) is 18.2 Å². The fraction of sp³-hybridized carbons (Fsp3) is 0.176. The van der Waals surface area contributed by atoms with Crippen LogP contribution in [0.3, 0.4) is 0 Å². The fourth-order valence-corrected chi connectivity index (χ4v) is 6.20. The van der Waals surface area contributed by atoms with Crippen LogP contribution in [0.5, 0.6) is 5.75 Å². The quantitative estimate of drug-likeness (QED) is 0.141. The molecular weight excluding hydrogens is 592 g/mol. The molecule has 0 bridgehead atoms. The number of thiazole rings is 1. The third-order valence-corrected chi connectivity index (χ3v) is 8.81. The third-order valence-electron chi connectivity index (χ3n) is 7.28. The lowest BCUT2D eigenvalue weighted by Gasteiger charge is -2.38. The van der Waals surface area contributed by atoms with Gasteiger partial charge in [-0.05, 0) is 43.3 Å². The van der Waals surface area contributed by atoms with Crippen LogP contribution in [0.4, 0.5) is 10.7 Å². The largest absolute Gasteiger partial charge is 0.497 e. The topological polar surface area (TPSA) is 41.0 Å². The molecule has 1 saturated heterocycles. The summed E-state index contributed by atoms with van der Waals surface area (Å²) in [5.74, 6) is 1.85. The van der Waals surface area contributed by atoms with Crippen LogP contribution in [0.2, 0.25) is 0 Å². The van der Waals surface area contributed by atoms with E-state index in [4.69, 9.17) is 14.7 Å². The molecule has 1 aliphatic heterocycles. The smallest absolute Gasteiger partial charge is 0.146 e. The molecule has 0 saturated carbocycles. The maximum absolute atomic E-state index is 5.40. The summed E-state index contributed by atoms with van der Waals surface area (Å²) >= 11 is 5.25. The number of anilines is 1. The van der Waals surface area contributed by atoms with Crippen LogP contribution < -0.4 is 9.64 Å². The summed E-state index contributed by atoms with van der Waals surface area (Å²) in [7, 11) is 1.70. The number of hydrogen-bond donors (Lipinski definition) is 0. The van der Waals surface area contributed by atoms with Gasteiger partial charge in [0.05, 0.1) is 7.11 Å². The van der Waals surface area contributed by atoms with Crippen molar-refractivity contribution >= 4 is 43.8 Å². The predicted octanol–water partition coefficient (Wildman–Crippen LogP) is 8.46. The maximum atomic E-state index is 5.40. The van der Waals surface area contributed by atoms with E-state index in [9.17, 15) is 0 Å². The average Bonchev–Trinajstić information content (AvgIpc) is 3.45. The van der Waals surface area contributed by atoms with Crippen molar-refractivity contribution in [1.82, 2.24) is 9.88 Å². The Morgan fingerprint density at radius 3 is 2.15 bits per heavy atom. The van der Waals surface area contributed by atoms with E-state index in [2.05, 4.69) is 118 Å². The summed E-state index contributed by atoms with van der Waals surface area (Å²) < 4.78 is 6.40. The van der Waals surface area contributed by atoms with Crippen molar-refractivity contribution in [2.45, 2.75) is 6.92 Å². The number of halogens is 1. The summed E-state index contributed by atoms with van der Waals surface area (Å²) in [6.45, 7) is 5.65. The van der Waals surface area contributed by atoms with E-state index in [0.717, 1.165) is 74.6 Å². The van der Waals surface area contributed by atoms with Crippen molar-refractivity contribution in [3.63, 3.8) is 0 Å². The molecule has 6 rings (SSSR count). The highest BCUT2D eigenvalue weighted by atomic mass is 79.9. The van der Waals surface area contributed by atoms with Gasteiger partial charge in [-0.25, -0.2) is 9.98 Å². The Morgan fingerprint density at radius 1 is 0.805 bits per heavy atom. The first-order chi connectivity index (χ1) is 20.1. The van der Waals surface area contributed by atoms with Gasteiger partial charge in [-0.15, -0.1) is 0 Å². The number of ether oxygens (including phenoxy) is 1. The zero-order valence-electron chi connectivity index (χ0n) is 23.1. The predicted molar refractivity (Wildman–Crippen MR) is 175 cm³/mol. The number of aliphatic imine (C=N–C) groups is 1. The van der Waals surface area contributed by atoms with Gasteiger partial charge in [0.25, 0.3) is 0 Å². The van der Waals surface area contributed by atoms with E-state index < -0.39 is 0 Å². The summed E-state index contributed by atoms with van der Waals surface area (Å²) in [4.78, 5) is 15.3. The van der Waals surface area contributed by atoms with E-state index in [-0.39, 0.29) is 0 Å². The van der Waals surface area contributed by atoms with Crippen LogP contribution in [0, 0.1) is 6.92 Å². The monoisotopic (exact) mass is 622 g/mol. The molecular formula is C34H31BrN4OS. The zero-order valence-corrected chi connectivity index (χ0v) is 25.5. The van der Waals surface area contributed by atoms with Gasteiger partial charge < -0.3 is 14.5 Å². The number of rotatable bonds is 6. The number of benzene rings is 4. The van der Waals surface area contributed by atoms with Crippen LogP contribution in [-0.4, -0.2) is 49.0 Å². The summed E-state index contributed by atoms with van der Waals surface area (Å²) in [5.41, 5.74) is 6.63. The molecule has 1 fully saturated rings. The lowest BCUT2D eigenvalue weighted by molar-refractivity contribution is 0.386. The van der Waals surface area contributed by atoms with Gasteiger partial charge in [-0.2, -0.15) is 0 Å². The maximum Gasteiger partial charge on any atom is 0.146 e. The Morgan fingerprint density at radius 2 is 1.49 bits per heavy atom. The van der Waals surface area contributed by atoms with Crippen molar-refractivity contribution in [3.05, 3.63) is 119 Å². The van der Waals surface area contributed by atoms with Crippen LogP contribution in [0.15, 0.2) is 113 Å². The number of methoxy groups -OCH3 is 1. The van der Waals surface area contributed by atoms with Crippen LogP contribution in [0.1, 0.15) is 11.1 Å². The van der Waals surface area contributed by atoms with Crippen molar-refractivity contribution in [3.8, 4) is 27.6 Å².